The largest absolute Gasteiger partial charge is 0.306 e. The highest BCUT2D eigenvalue weighted by Gasteiger charge is 2.39. The highest BCUT2D eigenvalue weighted by atomic mass is 32.2. The van der Waals surface area contributed by atoms with E-state index in [0.717, 1.165) is 8.61 Å². The maximum Gasteiger partial charge on any atom is 0.306 e. The normalized spacial score (nSPS) is 23.1. The van der Waals surface area contributed by atoms with Crippen molar-refractivity contribution in [3.05, 3.63) is 0 Å². The molecule has 1 amide bonds. The molecule has 1 fully saturated rings. The van der Waals surface area contributed by atoms with E-state index in [-0.39, 0.29) is 24.9 Å². The Bertz CT molecular complexity index is 310. The van der Waals surface area contributed by atoms with Gasteiger partial charge in [-0.15, -0.1) is 0 Å². The zero-order valence-corrected chi connectivity index (χ0v) is 8.84. The molecule has 0 atom stereocenters. The second-order valence-corrected chi connectivity index (χ2v) is 5.54. The third-order valence-electron chi connectivity index (χ3n) is 1.84. The van der Waals surface area contributed by atoms with Gasteiger partial charge < -0.3 is 0 Å². The van der Waals surface area contributed by atoms with Gasteiger partial charge in [-0.05, 0) is 5.92 Å². The van der Waals surface area contributed by atoms with Crippen molar-refractivity contribution >= 4 is 16.1 Å². The van der Waals surface area contributed by atoms with Crippen molar-refractivity contribution in [3.8, 4) is 0 Å². The minimum atomic E-state index is -3.49. The summed E-state index contributed by atoms with van der Waals surface area (Å²) in [6.45, 7) is 3.99. The zero-order chi connectivity index (χ0) is 10.2. The SMILES string of the molecule is CC(C)CN1C(=O)CN(C)S1(=O)=O. The van der Waals surface area contributed by atoms with Gasteiger partial charge in [-0.2, -0.15) is 12.7 Å². The van der Waals surface area contributed by atoms with Crippen LogP contribution in [0.15, 0.2) is 0 Å². The standard InChI is InChI=1S/C7H14N2O3S/c1-6(2)4-9-7(10)5-8(3)13(9,11)12/h6H,4-5H2,1-3H3. The Morgan fingerprint density at radius 2 is 2.00 bits per heavy atom. The third-order valence-corrected chi connectivity index (χ3v) is 3.67. The van der Waals surface area contributed by atoms with E-state index in [9.17, 15) is 13.2 Å². The van der Waals surface area contributed by atoms with Crippen molar-refractivity contribution < 1.29 is 13.2 Å². The van der Waals surface area contributed by atoms with Crippen molar-refractivity contribution in [2.24, 2.45) is 5.92 Å². The van der Waals surface area contributed by atoms with Crippen LogP contribution in [-0.2, 0) is 15.0 Å². The molecule has 0 radical (unpaired) electrons. The number of hydrogen-bond donors (Lipinski definition) is 0. The second-order valence-electron chi connectivity index (χ2n) is 3.58. The summed E-state index contributed by atoms with van der Waals surface area (Å²) in [5.74, 6) is -0.179. The molecular formula is C7H14N2O3S. The molecule has 6 heteroatoms. The Hall–Kier alpha value is -0.620. The molecule has 0 bridgehead atoms. The van der Waals surface area contributed by atoms with Gasteiger partial charge in [-0.25, -0.2) is 4.31 Å². The van der Waals surface area contributed by atoms with E-state index in [1.165, 1.54) is 7.05 Å². The van der Waals surface area contributed by atoms with Crippen molar-refractivity contribution in [1.29, 1.82) is 0 Å². The van der Waals surface area contributed by atoms with Crippen LogP contribution in [0.25, 0.3) is 0 Å². The van der Waals surface area contributed by atoms with Crippen LogP contribution >= 0.6 is 0 Å². The molecule has 1 rings (SSSR count). The van der Waals surface area contributed by atoms with Crippen LogP contribution in [0.5, 0.6) is 0 Å². The molecule has 0 aromatic heterocycles. The maximum absolute atomic E-state index is 11.5. The fraction of sp³-hybridized carbons (Fsp3) is 0.857. The molecule has 76 valence electrons. The Kier molecular flexibility index (Phi) is 2.63. The van der Waals surface area contributed by atoms with Crippen LogP contribution in [0.2, 0.25) is 0 Å². The first kappa shape index (κ1) is 10.5. The minimum absolute atomic E-state index is 0.0327. The molecule has 0 aliphatic carbocycles. The Balaban J connectivity index is 2.90. The van der Waals surface area contributed by atoms with Crippen LogP contribution in [0.1, 0.15) is 13.8 Å². The number of likely N-dealkylation sites (N-methyl/N-ethyl adjacent to an activating group) is 1. The average Bonchev–Trinajstić information content (AvgIpc) is 2.13. The number of hydrogen-bond acceptors (Lipinski definition) is 3. The number of amides is 1. The summed E-state index contributed by atoms with van der Waals surface area (Å²) in [5, 5.41) is 0. The quantitative estimate of drug-likeness (QED) is 0.621. The number of rotatable bonds is 2. The average molecular weight is 206 g/mol. The molecule has 0 unspecified atom stereocenters. The topological polar surface area (TPSA) is 57.7 Å². The molecular weight excluding hydrogens is 192 g/mol. The smallest absolute Gasteiger partial charge is 0.272 e. The zero-order valence-electron chi connectivity index (χ0n) is 8.02. The molecule has 1 aliphatic rings. The van der Waals surface area contributed by atoms with E-state index in [1.807, 2.05) is 13.8 Å². The molecule has 0 aromatic rings. The van der Waals surface area contributed by atoms with Gasteiger partial charge in [0, 0.05) is 13.6 Å². The Morgan fingerprint density at radius 1 is 1.46 bits per heavy atom. The summed E-state index contributed by atoms with van der Waals surface area (Å²) in [5.41, 5.74) is 0. The molecule has 0 aromatic carbocycles. The lowest BCUT2D eigenvalue weighted by Gasteiger charge is -2.17. The molecule has 0 N–H and O–H groups in total. The summed E-state index contributed by atoms with van der Waals surface area (Å²) in [7, 11) is -2.08. The fourth-order valence-corrected chi connectivity index (χ4v) is 2.59. The molecule has 1 aliphatic heterocycles. The van der Waals surface area contributed by atoms with E-state index in [2.05, 4.69) is 0 Å². The Labute approximate surface area is 78.5 Å². The third kappa shape index (κ3) is 1.83. The molecule has 0 spiro atoms. The van der Waals surface area contributed by atoms with Gasteiger partial charge in [0.2, 0.25) is 0 Å². The van der Waals surface area contributed by atoms with Gasteiger partial charge >= 0.3 is 10.2 Å². The highest BCUT2D eigenvalue weighted by Crippen LogP contribution is 2.16. The number of carbonyl (C=O) groups is 1. The first-order chi connectivity index (χ1) is 5.85. The van der Waals surface area contributed by atoms with Crippen LogP contribution in [0.4, 0.5) is 0 Å². The monoisotopic (exact) mass is 206 g/mol. The number of carbonyl (C=O) groups excluding carboxylic acids is 1. The van der Waals surface area contributed by atoms with Gasteiger partial charge in [0.15, 0.2) is 0 Å². The van der Waals surface area contributed by atoms with E-state index >= 15 is 0 Å². The van der Waals surface area contributed by atoms with Gasteiger partial charge in [0.25, 0.3) is 5.91 Å². The summed E-state index contributed by atoms with van der Waals surface area (Å²) in [6.07, 6.45) is 0. The fourth-order valence-electron chi connectivity index (χ4n) is 1.18. The van der Waals surface area contributed by atoms with Crippen molar-refractivity contribution in [2.45, 2.75) is 13.8 Å². The lowest BCUT2D eigenvalue weighted by atomic mass is 10.2. The van der Waals surface area contributed by atoms with Gasteiger partial charge in [0.1, 0.15) is 0 Å². The van der Waals surface area contributed by atoms with E-state index in [4.69, 9.17) is 0 Å². The van der Waals surface area contributed by atoms with E-state index in [1.54, 1.807) is 0 Å². The van der Waals surface area contributed by atoms with E-state index < -0.39 is 10.2 Å². The first-order valence-corrected chi connectivity index (χ1v) is 5.52. The molecule has 13 heavy (non-hydrogen) atoms. The highest BCUT2D eigenvalue weighted by molar-refractivity contribution is 7.87. The summed E-state index contributed by atoms with van der Waals surface area (Å²) in [4.78, 5) is 11.2. The minimum Gasteiger partial charge on any atom is -0.272 e. The van der Waals surface area contributed by atoms with Gasteiger partial charge in [0.05, 0.1) is 6.54 Å². The van der Waals surface area contributed by atoms with Crippen molar-refractivity contribution in [2.75, 3.05) is 20.1 Å². The van der Waals surface area contributed by atoms with Crippen LogP contribution in [0.3, 0.4) is 0 Å². The summed E-state index contributed by atoms with van der Waals surface area (Å²) < 4.78 is 24.9. The molecule has 0 saturated carbocycles. The van der Waals surface area contributed by atoms with Crippen molar-refractivity contribution in [1.82, 2.24) is 8.61 Å². The maximum atomic E-state index is 11.5. The lowest BCUT2D eigenvalue weighted by molar-refractivity contribution is -0.124. The van der Waals surface area contributed by atoms with Crippen LogP contribution in [0, 0.1) is 5.92 Å². The summed E-state index contributed by atoms with van der Waals surface area (Å²) in [6, 6.07) is 0. The van der Waals surface area contributed by atoms with Crippen LogP contribution < -0.4 is 0 Å². The van der Waals surface area contributed by atoms with Gasteiger partial charge in [-0.3, -0.25) is 4.79 Å². The molecule has 5 nitrogen and oxygen atoms in total. The van der Waals surface area contributed by atoms with E-state index in [0.29, 0.717) is 0 Å². The van der Waals surface area contributed by atoms with Gasteiger partial charge in [-0.1, -0.05) is 13.8 Å². The predicted octanol–water partition coefficient (Wildman–Crippen LogP) is -0.339. The second kappa shape index (κ2) is 3.26. The Morgan fingerprint density at radius 3 is 2.31 bits per heavy atom. The molecule has 1 heterocycles. The number of nitrogens with zero attached hydrogens (tertiary/aromatic N) is 2. The summed E-state index contributed by atoms with van der Waals surface area (Å²) >= 11 is 0. The lowest BCUT2D eigenvalue weighted by Crippen LogP contribution is -2.35. The molecule has 1 saturated heterocycles. The first-order valence-electron chi connectivity index (χ1n) is 4.12. The van der Waals surface area contributed by atoms with Crippen LogP contribution in [-0.4, -0.2) is 43.1 Å². The predicted molar refractivity (Wildman–Crippen MR) is 48.1 cm³/mol. The van der Waals surface area contributed by atoms with Crippen molar-refractivity contribution in [3.63, 3.8) is 0 Å².